The smallest absolute Gasteiger partial charge is 0.173 e. The van der Waals surface area contributed by atoms with Crippen molar-refractivity contribution >= 4 is 22.4 Å². The van der Waals surface area contributed by atoms with Crippen molar-refractivity contribution < 1.29 is 10.3 Å². The van der Waals surface area contributed by atoms with Crippen molar-refractivity contribution in [2.75, 3.05) is 18.5 Å². The van der Waals surface area contributed by atoms with E-state index < -0.39 is 6.10 Å². The summed E-state index contributed by atoms with van der Waals surface area (Å²) >= 11 is 0. The number of likely N-dealkylation sites (N-methyl/N-ethyl adjacent to an activating group) is 1. The predicted octanol–water partition coefficient (Wildman–Crippen LogP) is 1.15. The van der Waals surface area contributed by atoms with Crippen LogP contribution in [-0.2, 0) is 0 Å². The molecule has 0 spiro atoms. The van der Waals surface area contributed by atoms with E-state index in [0.717, 1.165) is 16.6 Å². The van der Waals surface area contributed by atoms with Gasteiger partial charge in [-0.25, -0.2) is 0 Å². The van der Waals surface area contributed by atoms with Crippen LogP contribution in [0.25, 0.3) is 10.9 Å². The van der Waals surface area contributed by atoms with Gasteiger partial charge in [-0.15, -0.1) is 0 Å². The van der Waals surface area contributed by atoms with Crippen molar-refractivity contribution in [2.24, 2.45) is 10.9 Å². The number of rotatable bonds is 4. The summed E-state index contributed by atoms with van der Waals surface area (Å²) in [6, 6.07) is 7.62. The molecule has 0 radical (unpaired) electrons. The molecule has 0 aliphatic carbocycles. The van der Waals surface area contributed by atoms with Crippen LogP contribution in [-0.4, -0.2) is 40.8 Å². The number of benzene rings is 1. The highest BCUT2D eigenvalue weighted by molar-refractivity contribution is 6.08. The molecule has 0 saturated carbocycles. The van der Waals surface area contributed by atoms with Gasteiger partial charge < -0.3 is 20.9 Å². The first-order chi connectivity index (χ1) is 9.54. The Morgan fingerprint density at radius 3 is 2.80 bits per heavy atom. The molecule has 20 heavy (non-hydrogen) atoms. The van der Waals surface area contributed by atoms with Gasteiger partial charge in [0.15, 0.2) is 5.84 Å². The number of aliphatic hydroxyl groups is 1. The normalized spacial score (nSPS) is 13.4. The molecular weight excluding hydrogens is 256 g/mol. The molecule has 0 aliphatic rings. The Morgan fingerprint density at radius 2 is 2.15 bits per heavy atom. The first-order valence-corrected chi connectivity index (χ1v) is 6.29. The van der Waals surface area contributed by atoms with Crippen LogP contribution in [0.15, 0.2) is 35.6 Å². The molecule has 2 rings (SSSR count). The quantitative estimate of drug-likeness (QED) is 0.336. The second kappa shape index (κ2) is 5.75. The summed E-state index contributed by atoms with van der Waals surface area (Å²) in [4.78, 5) is 6.19. The van der Waals surface area contributed by atoms with Crippen molar-refractivity contribution in [1.29, 1.82) is 0 Å². The zero-order chi connectivity index (χ0) is 14.7. The van der Waals surface area contributed by atoms with E-state index in [1.165, 1.54) is 0 Å². The number of fused-ring (bicyclic) bond motifs is 1. The third kappa shape index (κ3) is 2.65. The van der Waals surface area contributed by atoms with Gasteiger partial charge in [-0.3, -0.25) is 4.98 Å². The molecule has 0 amide bonds. The van der Waals surface area contributed by atoms with Crippen LogP contribution in [0.4, 0.5) is 5.69 Å². The molecule has 6 heteroatoms. The van der Waals surface area contributed by atoms with Crippen molar-refractivity contribution in [1.82, 2.24) is 4.98 Å². The molecule has 0 fully saturated rings. The van der Waals surface area contributed by atoms with Crippen LogP contribution >= 0.6 is 0 Å². The van der Waals surface area contributed by atoms with Crippen molar-refractivity contribution in [3.63, 3.8) is 0 Å². The zero-order valence-corrected chi connectivity index (χ0v) is 11.5. The number of amidine groups is 1. The lowest BCUT2D eigenvalue weighted by Gasteiger charge is -2.24. The number of para-hydroxylation sites is 1. The highest BCUT2D eigenvalue weighted by Crippen LogP contribution is 2.28. The number of nitrogens with two attached hydrogens (primary N) is 1. The summed E-state index contributed by atoms with van der Waals surface area (Å²) in [6.45, 7) is 2.14. The molecule has 4 N–H and O–H groups in total. The molecule has 1 aromatic carbocycles. The third-order valence-electron chi connectivity index (χ3n) is 3.05. The maximum Gasteiger partial charge on any atom is 0.173 e. The Bertz CT molecular complexity index is 640. The number of anilines is 1. The van der Waals surface area contributed by atoms with E-state index in [0.29, 0.717) is 12.1 Å². The summed E-state index contributed by atoms with van der Waals surface area (Å²) in [5.74, 6) is -0.00399. The summed E-state index contributed by atoms with van der Waals surface area (Å²) in [5, 5.41) is 22.4. The molecule has 1 atom stereocenters. The van der Waals surface area contributed by atoms with E-state index in [-0.39, 0.29) is 5.84 Å². The fraction of sp³-hybridized carbons (Fsp3) is 0.286. The largest absolute Gasteiger partial charge is 0.409 e. The van der Waals surface area contributed by atoms with E-state index in [4.69, 9.17) is 10.9 Å². The molecule has 6 nitrogen and oxygen atoms in total. The molecular formula is C14H18N4O2. The number of aromatic nitrogens is 1. The van der Waals surface area contributed by atoms with E-state index in [1.807, 2.05) is 36.2 Å². The van der Waals surface area contributed by atoms with Gasteiger partial charge in [-0.1, -0.05) is 23.4 Å². The van der Waals surface area contributed by atoms with Gasteiger partial charge in [0.05, 0.1) is 22.9 Å². The maximum absolute atomic E-state index is 9.57. The minimum Gasteiger partial charge on any atom is -0.409 e. The van der Waals surface area contributed by atoms with Crippen LogP contribution in [0.5, 0.6) is 0 Å². The summed E-state index contributed by atoms with van der Waals surface area (Å²) in [5.41, 5.74) is 7.86. The summed E-state index contributed by atoms with van der Waals surface area (Å²) in [6.07, 6.45) is 1.08. The second-order valence-electron chi connectivity index (χ2n) is 4.75. The Morgan fingerprint density at radius 1 is 1.45 bits per heavy atom. The van der Waals surface area contributed by atoms with Crippen molar-refractivity contribution in [2.45, 2.75) is 13.0 Å². The predicted molar refractivity (Wildman–Crippen MR) is 79.2 cm³/mol. The molecule has 0 saturated heterocycles. The molecule has 0 aliphatic heterocycles. The minimum absolute atomic E-state index is 0.00399. The van der Waals surface area contributed by atoms with Crippen LogP contribution in [0, 0.1) is 0 Å². The van der Waals surface area contributed by atoms with E-state index in [1.54, 1.807) is 13.1 Å². The van der Waals surface area contributed by atoms with Crippen molar-refractivity contribution in [3.05, 3.63) is 36.0 Å². The molecule has 1 aromatic heterocycles. The first kappa shape index (κ1) is 14.1. The number of hydrogen-bond donors (Lipinski definition) is 3. The lowest BCUT2D eigenvalue weighted by Crippen LogP contribution is -2.29. The molecule has 106 valence electrons. The van der Waals surface area contributed by atoms with Crippen molar-refractivity contribution in [3.8, 4) is 0 Å². The fourth-order valence-electron chi connectivity index (χ4n) is 2.27. The van der Waals surface area contributed by atoms with E-state index in [9.17, 15) is 5.11 Å². The number of aliphatic hydroxyl groups excluding tert-OH is 1. The lowest BCUT2D eigenvalue weighted by molar-refractivity contribution is 0.201. The number of hydrogen-bond acceptors (Lipinski definition) is 5. The monoisotopic (exact) mass is 274 g/mol. The van der Waals surface area contributed by atoms with Gasteiger partial charge in [-0.05, 0) is 13.0 Å². The lowest BCUT2D eigenvalue weighted by atomic mass is 10.1. The molecule has 0 bridgehead atoms. The Hall–Kier alpha value is -2.34. The highest BCUT2D eigenvalue weighted by atomic mass is 16.4. The van der Waals surface area contributed by atoms with Gasteiger partial charge in [-0.2, -0.15) is 0 Å². The summed E-state index contributed by atoms with van der Waals surface area (Å²) in [7, 11) is 1.85. The first-order valence-electron chi connectivity index (χ1n) is 6.29. The maximum atomic E-state index is 9.57. The van der Waals surface area contributed by atoms with E-state index >= 15 is 0 Å². The molecule has 1 heterocycles. The molecule has 2 aromatic rings. The average molecular weight is 274 g/mol. The Balaban J connectivity index is 2.67. The van der Waals surface area contributed by atoms with Crippen LogP contribution in [0.2, 0.25) is 0 Å². The third-order valence-corrected chi connectivity index (χ3v) is 3.05. The standard InChI is InChI=1S/C14H18N4O2/c1-9(19)8-18(2)13-10-5-3-4-6-12(10)16-7-11(13)14(15)17-20/h3-7,9,19-20H,8H2,1-2H3,(H2,15,17). The zero-order valence-electron chi connectivity index (χ0n) is 11.5. The Labute approximate surface area is 117 Å². The highest BCUT2D eigenvalue weighted by Gasteiger charge is 2.16. The second-order valence-corrected chi connectivity index (χ2v) is 4.75. The van der Waals surface area contributed by atoms with Gasteiger partial charge >= 0.3 is 0 Å². The number of oxime groups is 1. The van der Waals surface area contributed by atoms with Gasteiger partial charge in [0.25, 0.3) is 0 Å². The minimum atomic E-state index is -0.493. The topological polar surface area (TPSA) is 95.0 Å². The Kier molecular flexibility index (Phi) is 4.05. The van der Waals surface area contributed by atoms with Crippen LogP contribution < -0.4 is 10.6 Å². The van der Waals surface area contributed by atoms with Crippen LogP contribution in [0.3, 0.4) is 0 Å². The SMILES string of the molecule is CC(O)CN(C)c1c(C(N)=NO)cnc2ccccc12. The summed E-state index contributed by atoms with van der Waals surface area (Å²) < 4.78 is 0. The molecule has 1 unspecified atom stereocenters. The van der Waals surface area contributed by atoms with E-state index in [2.05, 4.69) is 10.1 Å². The fourth-order valence-corrected chi connectivity index (χ4v) is 2.27. The van der Waals surface area contributed by atoms with Gasteiger partial charge in [0.2, 0.25) is 0 Å². The average Bonchev–Trinajstić information content (AvgIpc) is 2.44. The number of pyridine rings is 1. The van der Waals surface area contributed by atoms with Crippen LogP contribution in [0.1, 0.15) is 12.5 Å². The number of nitrogens with zero attached hydrogens (tertiary/aromatic N) is 3. The van der Waals surface area contributed by atoms with Gasteiger partial charge in [0, 0.05) is 25.2 Å². The van der Waals surface area contributed by atoms with Gasteiger partial charge in [0.1, 0.15) is 0 Å².